The number of hydrogen-bond acceptors (Lipinski definition) is 2. The first-order valence-corrected chi connectivity index (χ1v) is 4.50. The Morgan fingerprint density at radius 3 is 2.57 bits per heavy atom. The second kappa shape index (κ2) is 3.29. The van der Waals surface area contributed by atoms with Crippen molar-refractivity contribution in [2.45, 2.75) is 12.0 Å². The van der Waals surface area contributed by atoms with Crippen LogP contribution in [0.15, 0.2) is 24.3 Å². The molecule has 0 bridgehead atoms. The van der Waals surface area contributed by atoms with Gasteiger partial charge in [-0.05, 0) is 11.6 Å². The number of nitrogens with two attached hydrogens (primary N) is 1. The fraction of sp³-hybridized carbons (Fsp3) is 0.400. The van der Waals surface area contributed by atoms with Gasteiger partial charge in [0, 0.05) is 18.7 Å². The van der Waals surface area contributed by atoms with Crippen LogP contribution in [0, 0.1) is 0 Å². The summed E-state index contributed by atoms with van der Waals surface area (Å²) in [5.74, 6) is 0. The van der Waals surface area contributed by atoms with Crippen molar-refractivity contribution in [3.8, 4) is 0 Å². The summed E-state index contributed by atoms with van der Waals surface area (Å²) in [6, 6.07) is 6.34. The van der Waals surface area contributed by atoms with E-state index in [1.807, 2.05) is 0 Å². The molecule has 2 nitrogen and oxygen atoms in total. The molecule has 0 saturated carbocycles. The van der Waals surface area contributed by atoms with Crippen LogP contribution in [0.3, 0.4) is 0 Å². The number of halogens is 2. The Hall–Kier alpha value is -1.00. The third-order valence-corrected chi connectivity index (χ3v) is 2.59. The Morgan fingerprint density at radius 2 is 2.07 bits per heavy atom. The number of rotatable bonds is 2. The van der Waals surface area contributed by atoms with E-state index in [-0.39, 0.29) is 5.56 Å². The number of benzene rings is 1. The smallest absolute Gasteiger partial charge is 0.263 e. The molecule has 1 aliphatic rings. The maximum absolute atomic E-state index is 12.4. The van der Waals surface area contributed by atoms with Crippen LogP contribution >= 0.6 is 0 Å². The van der Waals surface area contributed by atoms with Gasteiger partial charge in [0.05, 0.1) is 5.54 Å². The van der Waals surface area contributed by atoms with Gasteiger partial charge in [-0.25, -0.2) is 8.78 Å². The molecule has 4 heteroatoms. The lowest BCUT2D eigenvalue weighted by molar-refractivity contribution is 0.151. The molecule has 1 aromatic carbocycles. The van der Waals surface area contributed by atoms with Gasteiger partial charge in [-0.15, -0.1) is 0 Å². The summed E-state index contributed by atoms with van der Waals surface area (Å²) in [5, 5.41) is 3.04. The van der Waals surface area contributed by atoms with Gasteiger partial charge in [0.25, 0.3) is 6.43 Å². The monoisotopic (exact) mass is 198 g/mol. The normalized spacial score (nSPS) is 19.4. The van der Waals surface area contributed by atoms with Gasteiger partial charge in [-0.1, -0.05) is 18.2 Å². The van der Waals surface area contributed by atoms with Crippen molar-refractivity contribution in [3.63, 3.8) is 0 Å². The van der Waals surface area contributed by atoms with Crippen molar-refractivity contribution in [2.75, 3.05) is 13.1 Å². The highest BCUT2D eigenvalue weighted by atomic mass is 19.3. The molecule has 2 rings (SSSR count). The predicted octanol–water partition coefficient (Wildman–Crippen LogP) is 1.38. The minimum absolute atomic E-state index is 0.0409. The maximum Gasteiger partial charge on any atom is 0.263 e. The third kappa shape index (κ3) is 1.51. The van der Waals surface area contributed by atoms with E-state index in [0.29, 0.717) is 13.1 Å². The molecular weight excluding hydrogens is 186 g/mol. The first-order valence-electron chi connectivity index (χ1n) is 4.50. The van der Waals surface area contributed by atoms with Crippen LogP contribution in [-0.4, -0.2) is 13.1 Å². The van der Waals surface area contributed by atoms with Crippen molar-refractivity contribution < 1.29 is 8.78 Å². The Bertz CT molecular complexity index is 335. The Balaban J connectivity index is 2.30. The summed E-state index contributed by atoms with van der Waals surface area (Å²) in [6.07, 6.45) is -2.42. The van der Waals surface area contributed by atoms with Crippen molar-refractivity contribution in [3.05, 3.63) is 35.4 Å². The van der Waals surface area contributed by atoms with Gasteiger partial charge < -0.3 is 11.1 Å². The molecule has 0 aliphatic carbocycles. The van der Waals surface area contributed by atoms with E-state index in [2.05, 4.69) is 5.32 Å². The van der Waals surface area contributed by atoms with Gasteiger partial charge in [-0.2, -0.15) is 0 Å². The minimum Gasteiger partial charge on any atom is -0.319 e. The summed E-state index contributed by atoms with van der Waals surface area (Å²) < 4.78 is 24.8. The highest BCUT2D eigenvalue weighted by Crippen LogP contribution is 2.26. The van der Waals surface area contributed by atoms with E-state index in [4.69, 9.17) is 5.73 Å². The van der Waals surface area contributed by atoms with Crippen LogP contribution in [0.2, 0.25) is 0 Å². The first kappa shape index (κ1) is 9.55. The van der Waals surface area contributed by atoms with Crippen molar-refractivity contribution in [1.82, 2.24) is 5.32 Å². The zero-order valence-electron chi connectivity index (χ0n) is 7.63. The predicted molar refractivity (Wildman–Crippen MR) is 50.1 cm³/mol. The molecule has 0 radical (unpaired) electrons. The number of hydrogen-bond donors (Lipinski definition) is 2. The lowest BCUT2D eigenvalue weighted by Crippen LogP contribution is -2.62. The van der Waals surface area contributed by atoms with Crippen LogP contribution in [0.25, 0.3) is 0 Å². The van der Waals surface area contributed by atoms with Crippen LogP contribution in [0.5, 0.6) is 0 Å². The SMILES string of the molecule is NC1(c2cccc(C(F)F)c2)CNC1. The van der Waals surface area contributed by atoms with Crippen LogP contribution in [0.4, 0.5) is 8.78 Å². The summed E-state index contributed by atoms with van der Waals surface area (Å²) in [6.45, 7) is 1.30. The molecule has 1 aromatic rings. The van der Waals surface area contributed by atoms with E-state index < -0.39 is 12.0 Å². The molecular formula is C10H12F2N2. The van der Waals surface area contributed by atoms with E-state index in [0.717, 1.165) is 5.56 Å². The van der Waals surface area contributed by atoms with E-state index >= 15 is 0 Å². The zero-order valence-corrected chi connectivity index (χ0v) is 7.63. The highest BCUT2D eigenvalue weighted by molar-refractivity contribution is 5.32. The highest BCUT2D eigenvalue weighted by Gasteiger charge is 2.34. The van der Waals surface area contributed by atoms with Crippen LogP contribution in [0.1, 0.15) is 17.6 Å². The summed E-state index contributed by atoms with van der Waals surface area (Å²) in [4.78, 5) is 0. The molecule has 0 atom stereocenters. The molecule has 1 fully saturated rings. The second-order valence-electron chi connectivity index (χ2n) is 3.69. The molecule has 1 saturated heterocycles. The average Bonchev–Trinajstić information content (AvgIpc) is 2.14. The van der Waals surface area contributed by atoms with E-state index in [9.17, 15) is 8.78 Å². The lowest BCUT2D eigenvalue weighted by atomic mass is 9.85. The summed E-state index contributed by atoms with van der Waals surface area (Å²) in [5.41, 5.74) is 6.36. The minimum atomic E-state index is -2.42. The van der Waals surface area contributed by atoms with E-state index in [1.54, 1.807) is 12.1 Å². The molecule has 3 N–H and O–H groups in total. The summed E-state index contributed by atoms with van der Waals surface area (Å²) in [7, 11) is 0. The zero-order chi connectivity index (χ0) is 10.2. The first-order chi connectivity index (χ1) is 6.62. The summed E-state index contributed by atoms with van der Waals surface area (Å²) >= 11 is 0. The fourth-order valence-electron chi connectivity index (χ4n) is 1.58. The molecule has 1 aliphatic heterocycles. The second-order valence-corrected chi connectivity index (χ2v) is 3.69. The van der Waals surface area contributed by atoms with Gasteiger partial charge in [0.2, 0.25) is 0 Å². The third-order valence-electron chi connectivity index (χ3n) is 2.59. The van der Waals surface area contributed by atoms with Gasteiger partial charge in [-0.3, -0.25) is 0 Å². The Labute approximate surface area is 81.1 Å². The molecule has 0 unspecified atom stereocenters. The van der Waals surface area contributed by atoms with Gasteiger partial charge >= 0.3 is 0 Å². The molecule has 76 valence electrons. The molecule has 0 amide bonds. The Kier molecular flexibility index (Phi) is 2.25. The van der Waals surface area contributed by atoms with Gasteiger partial charge in [0.1, 0.15) is 0 Å². The van der Waals surface area contributed by atoms with Crippen molar-refractivity contribution in [1.29, 1.82) is 0 Å². The quantitative estimate of drug-likeness (QED) is 0.753. The standard InChI is InChI=1S/C10H12F2N2/c11-9(12)7-2-1-3-8(4-7)10(13)5-14-6-10/h1-4,9,14H,5-6,13H2. The molecule has 14 heavy (non-hydrogen) atoms. The molecule has 0 spiro atoms. The fourth-order valence-corrected chi connectivity index (χ4v) is 1.58. The average molecular weight is 198 g/mol. The molecule has 1 heterocycles. The Morgan fingerprint density at radius 1 is 1.36 bits per heavy atom. The van der Waals surface area contributed by atoms with Crippen LogP contribution in [-0.2, 0) is 5.54 Å². The number of alkyl halides is 2. The molecule has 0 aromatic heterocycles. The maximum atomic E-state index is 12.4. The van der Waals surface area contributed by atoms with Crippen molar-refractivity contribution >= 4 is 0 Å². The van der Waals surface area contributed by atoms with Crippen molar-refractivity contribution in [2.24, 2.45) is 5.73 Å². The topological polar surface area (TPSA) is 38.0 Å². The largest absolute Gasteiger partial charge is 0.319 e. The van der Waals surface area contributed by atoms with E-state index in [1.165, 1.54) is 12.1 Å². The lowest BCUT2D eigenvalue weighted by Gasteiger charge is -2.39. The van der Waals surface area contributed by atoms with Gasteiger partial charge in [0.15, 0.2) is 0 Å². The number of nitrogens with one attached hydrogen (secondary N) is 1. The van der Waals surface area contributed by atoms with Crippen LogP contribution < -0.4 is 11.1 Å².